The fourth-order valence-corrected chi connectivity index (χ4v) is 3.20. The van der Waals surface area contributed by atoms with Gasteiger partial charge in [-0.3, -0.25) is 4.98 Å². The van der Waals surface area contributed by atoms with Gasteiger partial charge in [-0.1, -0.05) is 48.0 Å². The van der Waals surface area contributed by atoms with Crippen molar-refractivity contribution in [3.05, 3.63) is 89.3 Å². The summed E-state index contributed by atoms with van der Waals surface area (Å²) < 4.78 is 13.4. The third-order valence-electron chi connectivity index (χ3n) is 4.45. The molecule has 1 heterocycles. The van der Waals surface area contributed by atoms with Gasteiger partial charge in [0.1, 0.15) is 17.6 Å². The number of aliphatic imine (C=N–C) groups is 1. The first-order valence-electron chi connectivity index (χ1n) is 8.68. The highest BCUT2D eigenvalue weighted by molar-refractivity contribution is 6.31. The van der Waals surface area contributed by atoms with Gasteiger partial charge in [0.15, 0.2) is 11.5 Å². The largest absolute Gasteiger partial charge is 0.505 e. The molecular formula is C23H13ClFN3O. The monoisotopic (exact) mass is 401 g/mol. The molecule has 1 N–H and O–H groups in total. The molecule has 4 nitrogen and oxygen atoms in total. The van der Waals surface area contributed by atoms with Crippen LogP contribution in [-0.2, 0) is 0 Å². The number of nitrogens with zero attached hydrogens (tertiary/aromatic N) is 3. The number of aromatic hydroxyl groups is 1. The van der Waals surface area contributed by atoms with E-state index in [1.807, 2.05) is 48.5 Å². The highest BCUT2D eigenvalue weighted by Crippen LogP contribution is 2.33. The molecule has 0 fully saturated rings. The molecule has 3 aromatic carbocycles. The van der Waals surface area contributed by atoms with E-state index in [0.29, 0.717) is 16.9 Å². The molecule has 6 heteroatoms. The summed E-state index contributed by atoms with van der Waals surface area (Å²) in [6, 6.07) is 21.0. The molecule has 0 bridgehead atoms. The van der Waals surface area contributed by atoms with Crippen molar-refractivity contribution in [3.63, 3.8) is 0 Å². The third-order valence-corrected chi connectivity index (χ3v) is 4.74. The van der Waals surface area contributed by atoms with E-state index < -0.39 is 5.82 Å². The highest BCUT2D eigenvalue weighted by Gasteiger charge is 2.16. The fourth-order valence-electron chi connectivity index (χ4n) is 3.02. The minimum atomic E-state index is -0.575. The van der Waals surface area contributed by atoms with Crippen molar-refractivity contribution in [2.24, 2.45) is 4.99 Å². The number of nitriles is 1. The molecule has 0 saturated carbocycles. The first kappa shape index (κ1) is 18.6. The van der Waals surface area contributed by atoms with Crippen molar-refractivity contribution >= 4 is 33.8 Å². The zero-order chi connectivity index (χ0) is 20.4. The van der Waals surface area contributed by atoms with E-state index in [9.17, 15) is 14.8 Å². The van der Waals surface area contributed by atoms with Crippen LogP contribution in [0.15, 0.2) is 77.9 Å². The van der Waals surface area contributed by atoms with Gasteiger partial charge in [-0.05, 0) is 41.1 Å². The van der Waals surface area contributed by atoms with Gasteiger partial charge in [0.25, 0.3) is 0 Å². The maximum Gasteiger partial charge on any atom is 0.152 e. The van der Waals surface area contributed by atoms with E-state index in [-0.39, 0.29) is 22.0 Å². The number of fused-ring (bicyclic) bond motifs is 1. The zero-order valence-corrected chi connectivity index (χ0v) is 15.7. The average molecular weight is 402 g/mol. The van der Waals surface area contributed by atoms with Crippen molar-refractivity contribution in [2.45, 2.75) is 0 Å². The van der Waals surface area contributed by atoms with Crippen molar-refractivity contribution in [1.82, 2.24) is 4.98 Å². The predicted octanol–water partition coefficient (Wildman–Crippen LogP) is 6.04. The van der Waals surface area contributed by atoms with Crippen LogP contribution < -0.4 is 0 Å². The summed E-state index contributed by atoms with van der Waals surface area (Å²) >= 11 is 5.78. The van der Waals surface area contributed by atoms with Crippen molar-refractivity contribution in [3.8, 4) is 23.1 Å². The lowest BCUT2D eigenvalue weighted by Gasteiger charge is -2.09. The molecule has 1 aromatic heterocycles. The van der Waals surface area contributed by atoms with E-state index in [0.717, 1.165) is 10.8 Å². The molecule has 0 saturated heterocycles. The molecule has 0 aliphatic rings. The summed E-state index contributed by atoms with van der Waals surface area (Å²) in [6.45, 7) is 0. The van der Waals surface area contributed by atoms with Gasteiger partial charge in [0.2, 0.25) is 0 Å². The molecule has 0 spiro atoms. The standard InChI is InChI=1S/C23H13ClFN3O/c24-19-12-17(7-8-20(19)25)28-21(13-26)18-9-10-27-22(23(18)29)16-6-5-14-3-1-2-4-15(14)11-16/h1-12,29H. The van der Waals surface area contributed by atoms with Gasteiger partial charge in [-0.15, -0.1) is 0 Å². The van der Waals surface area contributed by atoms with Gasteiger partial charge in [0.05, 0.1) is 16.3 Å². The molecule has 0 aliphatic heterocycles. The molecule has 140 valence electrons. The Labute approximate surface area is 171 Å². The quantitative estimate of drug-likeness (QED) is 0.425. The second-order valence-electron chi connectivity index (χ2n) is 6.29. The maximum atomic E-state index is 13.4. The molecule has 0 aliphatic carbocycles. The molecule has 0 amide bonds. The molecule has 0 unspecified atom stereocenters. The molecule has 4 aromatic rings. The van der Waals surface area contributed by atoms with Crippen molar-refractivity contribution in [1.29, 1.82) is 5.26 Å². The van der Waals surface area contributed by atoms with Gasteiger partial charge < -0.3 is 5.11 Å². The molecular weight excluding hydrogens is 389 g/mol. The van der Waals surface area contributed by atoms with Crippen LogP contribution in [0, 0.1) is 17.1 Å². The zero-order valence-electron chi connectivity index (χ0n) is 15.0. The number of pyridine rings is 1. The van der Waals surface area contributed by atoms with Gasteiger partial charge in [0, 0.05) is 11.8 Å². The minimum Gasteiger partial charge on any atom is -0.505 e. The SMILES string of the molecule is N#CC(=Nc1ccc(F)c(Cl)c1)c1ccnc(-c2ccc3ccccc3c2)c1O. The van der Waals surface area contributed by atoms with Gasteiger partial charge in [-0.2, -0.15) is 5.26 Å². The summed E-state index contributed by atoms with van der Waals surface area (Å²) in [5.74, 6) is -0.731. The first-order valence-corrected chi connectivity index (χ1v) is 9.06. The fraction of sp³-hybridized carbons (Fsp3) is 0. The van der Waals surface area contributed by atoms with Crippen molar-refractivity contribution < 1.29 is 9.50 Å². The summed E-state index contributed by atoms with van der Waals surface area (Å²) in [6.07, 6.45) is 1.50. The van der Waals surface area contributed by atoms with Crippen LogP contribution in [0.2, 0.25) is 5.02 Å². The second kappa shape index (κ2) is 7.70. The third kappa shape index (κ3) is 3.66. The number of aromatic nitrogens is 1. The van der Waals surface area contributed by atoms with Crippen LogP contribution in [0.25, 0.3) is 22.0 Å². The van der Waals surface area contributed by atoms with Crippen LogP contribution in [0.1, 0.15) is 5.56 Å². The lowest BCUT2D eigenvalue weighted by Crippen LogP contribution is -2.00. The average Bonchev–Trinajstić information content (AvgIpc) is 2.74. The molecule has 0 atom stereocenters. The Morgan fingerprint density at radius 3 is 2.59 bits per heavy atom. The summed E-state index contributed by atoms with van der Waals surface area (Å²) in [4.78, 5) is 8.49. The van der Waals surface area contributed by atoms with E-state index in [4.69, 9.17) is 11.6 Å². The lowest BCUT2D eigenvalue weighted by molar-refractivity contribution is 0.474. The van der Waals surface area contributed by atoms with Crippen LogP contribution in [-0.4, -0.2) is 15.8 Å². The second-order valence-corrected chi connectivity index (χ2v) is 6.70. The van der Waals surface area contributed by atoms with E-state index >= 15 is 0 Å². The van der Waals surface area contributed by atoms with E-state index in [1.54, 1.807) is 0 Å². The van der Waals surface area contributed by atoms with Crippen LogP contribution in [0.5, 0.6) is 5.75 Å². The van der Waals surface area contributed by atoms with Crippen molar-refractivity contribution in [2.75, 3.05) is 0 Å². The summed E-state index contributed by atoms with van der Waals surface area (Å²) in [5.41, 5.74) is 1.55. The molecule has 0 radical (unpaired) electrons. The first-order chi connectivity index (χ1) is 14.1. The summed E-state index contributed by atoms with van der Waals surface area (Å²) in [7, 11) is 0. The van der Waals surface area contributed by atoms with E-state index in [1.165, 1.54) is 30.5 Å². The molecule has 4 rings (SSSR count). The van der Waals surface area contributed by atoms with Crippen LogP contribution >= 0.6 is 11.6 Å². The lowest BCUT2D eigenvalue weighted by atomic mass is 10.0. The van der Waals surface area contributed by atoms with Gasteiger partial charge >= 0.3 is 0 Å². The Hall–Kier alpha value is -3.75. The van der Waals surface area contributed by atoms with Crippen LogP contribution in [0.3, 0.4) is 0 Å². The Morgan fingerprint density at radius 2 is 1.83 bits per heavy atom. The maximum absolute atomic E-state index is 13.4. The number of benzene rings is 3. The number of hydrogen-bond donors (Lipinski definition) is 1. The number of rotatable bonds is 3. The Bertz CT molecular complexity index is 1310. The predicted molar refractivity (Wildman–Crippen MR) is 112 cm³/mol. The Kier molecular flexibility index (Phi) is 4.94. The van der Waals surface area contributed by atoms with Crippen LogP contribution in [0.4, 0.5) is 10.1 Å². The topological polar surface area (TPSA) is 69.3 Å². The highest BCUT2D eigenvalue weighted by atomic mass is 35.5. The van der Waals surface area contributed by atoms with E-state index in [2.05, 4.69) is 9.98 Å². The number of halogens is 2. The number of hydrogen-bond acceptors (Lipinski definition) is 4. The minimum absolute atomic E-state index is 0.0328. The Balaban J connectivity index is 1.81. The Morgan fingerprint density at radius 1 is 1.03 bits per heavy atom. The smallest absolute Gasteiger partial charge is 0.152 e. The molecule has 29 heavy (non-hydrogen) atoms. The summed E-state index contributed by atoms with van der Waals surface area (Å²) in [5, 5.41) is 22.4. The normalized spacial score (nSPS) is 11.4. The van der Waals surface area contributed by atoms with Gasteiger partial charge in [-0.25, -0.2) is 9.38 Å².